The molecule has 22 heavy (non-hydrogen) atoms. The molecule has 0 fully saturated rings. The fraction of sp³-hybridized carbons (Fsp3) is 0.647. The van der Waals surface area contributed by atoms with Crippen molar-refractivity contribution < 1.29 is 0 Å². The van der Waals surface area contributed by atoms with Crippen LogP contribution in [0.3, 0.4) is 0 Å². The Morgan fingerprint density at radius 1 is 1.14 bits per heavy atom. The van der Waals surface area contributed by atoms with Crippen molar-refractivity contribution in [1.82, 2.24) is 5.32 Å². The highest BCUT2D eigenvalue weighted by Crippen LogP contribution is 2.15. The van der Waals surface area contributed by atoms with Crippen molar-refractivity contribution in [1.29, 1.82) is 0 Å². The number of benzene rings is 1. The largest absolute Gasteiger partial charge is 0.369 e. The normalized spacial score (nSPS) is 12.4. The number of hydrogen-bond donors (Lipinski definition) is 2. The predicted octanol–water partition coefficient (Wildman–Crippen LogP) is 3.44. The fourth-order valence-electron chi connectivity index (χ4n) is 2.43. The van der Waals surface area contributed by atoms with Gasteiger partial charge < -0.3 is 16.0 Å². The Balaban J connectivity index is 2.40. The monoisotopic (exact) mass is 345 g/mol. The van der Waals surface area contributed by atoms with Gasteiger partial charge in [0.2, 0.25) is 0 Å². The summed E-state index contributed by atoms with van der Waals surface area (Å²) in [6.45, 7) is 6.54. The van der Waals surface area contributed by atoms with Gasteiger partial charge in [-0.25, -0.2) is 0 Å². The summed E-state index contributed by atoms with van der Waals surface area (Å²) in [6.07, 6.45) is 2.30. The van der Waals surface area contributed by atoms with E-state index in [2.05, 4.69) is 41.4 Å². The van der Waals surface area contributed by atoms with Crippen LogP contribution in [0.15, 0.2) is 24.3 Å². The van der Waals surface area contributed by atoms with Crippen LogP contribution in [0.25, 0.3) is 0 Å². The smallest absolute Gasteiger partial charge is 0.0399 e. The minimum absolute atomic E-state index is 0.611. The number of rotatable bonds is 12. The van der Waals surface area contributed by atoms with Crippen molar-refractivity contribution >= 4 is 28.9 Å². The van der Waals surface area contributed by atoms with Gasteiger partial charge in [-0.3, -0.25) is 0 Å². The number of nitrogens with one attached hydrogen (secondary N) is 1. The lowest BCUT2D eigenvalue weighted by Gasteiger charge is -2.23. The van der Waals surface area contributed by atoms with Crippen LogP contribution in [0.4, 0.5) is 5.69 Å². The summed E-state index contributed by atoms with van der Waals surface area (Å²) in [5.41, 5.74) is 8.19. The summed E-state index contributed by atoms with van der Waals surface area (Å²) in [5.74, 6) is 1.86. The maximum absolute atomic E-state index is 5.84. The SMILES string of the molecule is CCC(CN)CCNCc1ccc(N(CCCl)CCCl)cc1. The van der Waals surface area contributed by atoms with Crippen LogP contribution in [0, 0.1) is 5.92 Å². The molecule has 1 rings (SSSR count). The molecule has 0 spiro atoms. The average molecular weight is 346 g/mol. The van der Waals surface area contributed by atoms with E-state index < -0.39 is 0 Å². The second-order valence-corrected chi connectivity index (χ2v) is 6.26. The first-order valence-electron chi connectivity index (χ1n) is 8.11. The van der Waals surface area contributed by atoms with Gasteiger partial charge in [-0.2, -0.15) is 0 Å². The highest BCUT2D eigenvalue weighted by molar-refractivity contribution is 6.18. The molecule has 3 N–H and O–H groups in total. The van der Waals surface area contributed by atoms with Crippen molar-refractivity contribution in [2.75, 3.05) is 42.8 Å². The molecule has 3 nitrogen and oxygen atoms in total. The molecule has 0 heterocycles. The van der Waals surface area contributed by atoms with Crippen LogP contribution in [0.2, 0.25) is 0 Å². The molecule has 1 unspecified atom stereocenters. The number of halogens is 2. The Bertz CT molecular complexity index is 374. The summed E-state index contributed by atoms with van der Waals surface area (Å²) >= 11 is 11.7. The third-order valence-electron chi connectivity index (χ3n) is 3.98. The molecular formula is C17H29Cl2N3. The summed E-state index contributed by atoms with van der Waals surface area (Å²) in [5, 5.41) is 3.49. The van der Waals surface area contributed by atoms with E-state index in [0.717, 1.165) is 45.6 Å². The first-order valence-corrected chi connectivity index (χ1v) is 9.18. The molecule has 0 aliphatic rings. The molecule has 0 saturated carbocycles. The Hall–Kier alpha value is -0.480. The molecule has 0 aliphatic heterocycles. The van der Waals surface area contributed by atoms with E-state index >= 15 is 0 Å². The zero-order chi connectivity index (χ0) is 16.2. The summed E-state index contributed by atoms with van der Waals surface area (Å²) < 4.78 is 0. The second kappa shape index (κ2) is 12.0. The number of anilines is 1. The minimum atomic E-state index is 0.611. The number of nitrogens with two attached hydrogens (primary N) is 1. The molecule has 1 aromatic carbocycles. The van der Waals surface area contributed by atoms with Gasteiger partial charge in [0.1, 0.15) is 0 Å². The first-order chi connectivity index (χ1) is 10.7. The van der Waals surface area contributed by atoms with Gasteiger partial charge in [0.25, 0.3) is 0 Å². The van der Waals surface area contributed by atoms with Gasteiger partial charge >= 0.3 is 0 Å². The van der Waals surface area contributed by atoms with Crippen LogP contribution in [0.1, 0.15) is 25.3 Å². The topological polar surface area (TPSA) is 41.3 Å². The van der Waals surface area contributed by atoms with E-state index in [9.17, 15) is 0 Å². The molecule has 1 atom stereocenters. The minimum Gasteiger partial charge on any atom is -0.369 e. The predicted molar refractivity (Wildman–Crippen MR) is 99.3 cm³/mol. The third-order valence-corrected chi connectivity index (χ3v) is 4.32. The van der Waals surface area contributed by atoms with E-state index in [-0.39, 0.29) is 0 Å². The highest BCUT2D eigenvalue weighted by atomic mass is 35.5. The van der Waals surface area contributed by atoms with E-state index in [4.69, 9.17) is 28.9 Å². The molecular weight excluding hydrogens is 317 g/mol. The Kier molecular flexibility index (Phi) is 10.7. The summed E-state index contributed by atoms with van der Waals surface area (Å²) in [4.78, 5) is 2.21. The fourth-order valence-corrected chi connectivity index (χ4v) is 2.83. The van der Waals surface area contributed by atoms with E-state index in [1.165, 1.54) is 11.3 Å². The Labute approximate surface area is 145 Å². The van der Waals surface area contributed by atoms with Crippen molar-refractivity contribution in [2.24, 2.45) is 11.7 Å². The van der Waals surface area contributed by atoms with E-state index in [1.807, 2.05) is 0 Å². The quantitative estimate of drug-likeness (QED) is 0.450. The number of alkyl halides is 2. The van der Waals surface area contributed by atoms with E-state index in [0.29, 0.717) is 17.7 Å². The van der Waals surface area contributed by atoms with Gasteiger partial charge in [-0.05, 0) is 43.1 Å². The summed E-state index contributed by atoms with van der Waals surface area (Å²) in [7, 11) is 0. The van der Waals surface area contributed by atoms with Gasteiger partial charge in [0.15, 0.2) is 0 Å². The molecule has 0 saturated heterocycles. The standard InChI is InChI=1S/C17H29Cl2N3/c1-2-15(13-20)7-10-21-14-16-3-5-17(6-4-16)22(11-8-18)12-9-19/h3-6,15,21H,2,7-14,20H2,1H3. The van der Waals surface area contributed by atoms with Crippen molar-refractivity contribution in [2.45, 2.75) is 26.3 Å². The first kappa shape index (κ1) is 19.6. The summed E-state index contributed by atoms with van der Waals surface area (Å²) in [6, 6.07) is 8.62. The highest BCUT2D eigenvalue weighted by Gasteiger charge is 2.05. The number of nitrogens with zero attached hydrogens (tertiary/aromatic N) is 1. The zero-order valence-corrected chi connectivity index (χ0v) is 15.0. The van der Waals surface area contributed by atoms with Gasteiger partial charge in [0.05, 0.1) is 0 Å². The Morgan fingerprint density at radius 2 is 1.77 bits per heavy atom. The maximum Gasteiger partial charge on any atom is 0.0399 e. The number of hydrogen-bond acceptors (Lipinski definition) is 3. The van der Waals surface area contributed by atoms with E-state index in [1.54, 1.807) is 0 Å². The maximum atomic E-state index is 5.84. The van der Waals surface area contributed by atoms with Crippen molar-refractivity contribution in [3.05, 3.63) is 29.8 Å². The van der Waals surface area contributed by atoms with Gasteiger partial charge in [-0.1, -0.05) is 25.5 Å². The molecule has 0 bridgehead atoms. The lowest BCUT2D eigenvalue weighted by molar-refractivity contribution is 0.460. The zero-order valence-electron chi connectivity index (χ0n) is 13.5. The van der Waals surface area contributed by atoms with Crippen molar-refractivity contribution in [3.63, 3.8) is 0 Å². The lowest BCUT2D eigenvalue weighted by Crippen LogP contribution is -2.27. The Morgan fingerprint density at radius 3 is 2.27 bits per heavy atom. The average Bonchev–Trinajstić information content (AvgIpc) is 2.55. The third kappa shape index (κ3) is 7.19. The van der Waals surface area contributed by atoms with Crippen LogP contribution < -0.4 is 16.0 Å². The molecule has 0 radical (unpaired) electrons. The molecule has 126 valence electrons. The van der Waals surface area contributed by atoms with Crippen molar-refractivity contribution in [3.8, 4) is 0 Å². The van der Waals surface area contributed by atoms with Crippen LogP contribution in [-0.4, -0.2) is 37.9 Å². The lowest BCUT2D eigenvalue weighted by atomic mass is 10.0. The molecule has 0 aromatic heterocycles. The van der Waals surface area contributed by atoms with Crippen LogP contribution in [0.5, 0.6) is 0 Å². The molecule has 1 aromatic rings. The van der Waals surface area contributed by atoms with Crippen LogP contribution in [-0.2, 0) is 6.54 Å². The molecule has 5 heteroatoms. The van der Waals surface area contributed by atoms with Gasteiger partial charge in [-0.15, -0.1) is 23.2 Å². The molecule has 0 aliphatic carbocycles. The second-order valence-electron chi connectivity index (χ2n) is 5.51. The van der Waals surface area contributed by atoms with Gasteiger partial charge in [0, 0.05) is 37.1 Å². The van der Waals surface area contributed by atoms with Crippen LogP contribution >= 0.6 is 23.2 Å². The molecule has 0 amide bonds.